The van der Waals surface area contributed by atoms with Crippen molar-refractivity contribution in [1.29, 1.82) is 0 Å². The first kappa shape index (κ1) is 15.5. The predicted molar refractivity (Wildman–Crippen MR) is 81.6 cm³/mol. The first-order valence-corrected chi connectivity index (χ1v) is 7.85. The highest BCUT2D eigenvalue weighted by atomic mass is 16.5. The predicted octanol–water partition coefficient (Wildman–Crippen LogP) is 2.90. The van der Waals surface area contributed by atoms with Crippen molar-refractivity contribution in [2.45, 2.75) is 44.8 Å². The lowest BCUT2D eigenvalue weighted by atomic mass is 9.91. The molecule has 112 valence electrons. The van der Waals surface area contributed by atoms with Gasteiger partial charge in [-0.25, -0.2) is 0 Å². The Morgan fingerprint density at radius 2 is 1.95 bits per heavy atom. The van der Waals surface area contributed by atoms with Crippen LogP contribution in [0.15, 0.2) is 30.3 Å². The van der Waals surface area contributed by atoms with E-state index in [2.05, 4.69) is 35.6 Å². The highest BCUT2D eigenvalue weighted by Gasteiger charge is 2.26. The zero-order valence-corrected chi connectivity index (χ0v) is 12.4. The van der Waals surface area contributed by atoms with E-state index in [1.54, 1.807) is 0 Å². The molecule has 1 aromatic rings. The third-order valence-electron chi connectivity index (χ3n) is 4.12. The topological polar surface area (TPSA) is 41.5 Å². The summed E-state index contributed by atoms with van der Waals surface area (Å²) < 4.78 is 5.27. The van der Waals surface area contributed by atoms with Crippen LogP contribution in [0.1, 0.15) is 44.2 Å². The molecule has 0 bridgehead atoms. The molecule has 3 heteroatoms. The minimum Gasteiger partial charge on any atom is -0.389 e. The molecule has 1 aromatic carbocycles. The molecule has 2 N–H and O–H groups in total. The van der Waals surface area contributed by atoms with Gasteiger partial charge in [0.2, 0.25) is 0 Å². The Hall–Kier alpha value is -0.900. The molecule has 1 saturated carbocycles. The van der Waals surface area contributed by atoms with Gasteiger partial charge >= 0.3 is 0 Å². The van der Waals surface area contributed by atoms with Gasteiger partial charge in [-0.05, 0) is 31.2 Å². The molecule has 0 amide bonds. The molecule has 20 heavy (non-hydrogen) atoms. The number of aliphatic hydroxyl groups excluding tert-OH is 1. The average Bonchev–Trinajstić information content (AvgIpc) is 3.00. The minimum atomic E-state index is -0.428. The maximum Gasteiger partial charge on any atom is 0.0897 e. The van der Waals surface area contributed by atoms with E-state index in [4.69, 9.17) is 4.74 Å². The molecule has 0 aromatic heterocycles. The molecule has 0 radical (unpaired) electrons. The molecule has 2 atom stereocenters. The summed E-state index contributed by atoms with van der Waals surface area (Å²) in [6, 6.07) is 11.0. The van der Waals surface area contributed by atoms with Gasteiger partial charge in [-0.1, -0.05) is 43.2 Å². The first-order valence-electron chi connectivity index (χ1n) is 7.85. The summed E-state index contributed by atoms with van der Waals surface area (Å²) in [6.45, 7) is 3.61. The van der Waals surface area contributed by atoms with Gasteiger partial charge in [0, 0.05) is 19.2 Å². The molecule has 1 aliphatic carbocycles. The molecular formula is C17H27NO2. The molecule has 1 fully saturated rings. The van der Waals surface area contributed by atoms with Gasteiger partial charge in [-0.2, -0.15) is 0 Å². The molecular weight excluding hydrogens is 250 g/mol. The fourth-order valence-corrected chi connectivity index (χ4v) is 3.08. The van der Waals surface area contributed by atoms with Gasteiger partial charge in [0.05, 0.1) is 12.7 Å². The molecule has 0 saturated heterocycles. The van der Waals surface area contributed by atoms with Crippen LogP contribution in [-0.2, 0) is 4.74 Å². The second-order valence-electron chi connectivity index (χ2n) is 5.65. The second kappa shape index (κ2) is 8.40. The van der Waals surface area contributed by atoms with Crippen LogP contribution in [0.4, 0.5) is 0 Å². The minimum absolute atomic E-state index is 0.356. The van der Waals surface area contributed by atoms with Crippen LogP contribution in [0, 0.1) is 5.92 Å². The molecule has 3 nitrogen and oxygen atoms in total. The smallest absolute Gasteiger partial charge is 0.0897 e. The standard InChI is InChI=1S/C17H27NO2/c1-2-20-13-16(19)12-18-17(15-10-6-7-11-15)14-8-4-3-5-9-14/h3-5,8-9,15-19H,2,6-7,10-13H2,1H3. The third kappa shape index (κ3) is 4.58. The Morgan fingerprint density at radius 1 is 1.25 bits per heavy atom. The lowest BCUT2D eigenvalue weighted by Crippen LogP contribution is -2.35. The van der Waals surface area contributed by atoms with Gasteiger partial charge in [0.1, 0.15) is 0 Å². The van der Waals surface area contributed by atoms with E-state index in [1.165, 1.54) is 31.2 Å². The Balaban J connectivity index is 1.93. The van der Waals surface area contributed by atoms with Crippen LogP contribution in [0.2, 0.25) is 0 Å². The molecule has 0 heterocycles. The average molecular weight is 277 g/mol. The maximum atomic E-state index is 9.93. The SMILES string of the molecule is CCOCC(O)CNC(c1ccccc1)C1CCCC1. The summed E-state index contributed by atoms with van der Waals surface area (Å²) in [7, 11) is 0. The van der Waals surface area contributed by atoms with Crippen LogP contribution < -0.4 is 5.32 Å². The van der Waals surface area contributed by atoms with Crippen LogP contribution in [0.25, 0.3) is 0 Å². The summed E-state index contributed by atoms with van der Waals surface area (Å²) in [5, 5.41) is 13.5. The van der Waals surface area contributed by atoms with E-state index in [9.17, 15) is 5.11 Å². The number of benzene rings is 1. The van der Waals surface area contributed by atoms with Gasteiger partial charge in [-0.15, -0.1) is 0 Å². The zero-order chi connectivity index (χ0) is 14.2. The van der Waals surface area contributed by atoms with Gasteiger partial charge in [0.15, 0.2) is 0 Å². The van der Waals surface area contributed by atoms with Gasteiger partial charge in [-0.3, -0.25) is 0 Å². The molecule has 2 unspecified atom stereocenters. The Bertz CT molecular complexity index is 363. The third-order valence-corrected chi connectivity index (χ3v) is 4.12. The van der Waals surface area contributed by atoms with E-state index in [-0.39, 0.29) is 0 Å². The Kier molecular flexibility index (Phi) is 6.51. The molecule has 0 aliphatic heterocycles. The van der Waals surface area contributed by atoms with Gasteiger partial charge in [0.25, 0.3) is 0 Å². The van der Waals surface area contributed by atoms with E-state index in [0.717, 1.165) is 0 Å². The van der Waals surface area contributed by atoms with Crippen LogP contribution >= 0.6 is 0 Å². The molecule has 0 spiro atoms. The summed E-state index contributed by atoms with van der Waals surface area (Å²) in [5.41, 5.74) is 1.34. The highest BCUT2D eigenvalue weighted by molar-refractivity contribution is 5.20. The van der Waals surface area contributed by atoms with E-state index in [0.29, 0.717) is 31.7 Å². The van der Waals surface area contributed by atoms with Crippen molar-refractivity contribution in [1.82, 2.24) is 5.32 Å². The van der Waals surface area contributed by atoms with Crippen molar-refractivity contribution in [2.75, 3.05) is 19.8 Å². The lowest BCUT2D eigenvalue weighted by Gasteiger charge is -2.26. The summed E-state index contributed by atoms with van der Waals surface area (Å²) in [4.78, 5) is 0. The van der Waals surface area contributed by atoms with Crippen molar-refractivity contribution < 1.29 is 9.84 Å². The number of rotatable bonds is 8. The van der Waals surface area contributed by atoms with Crippen molar-refractivity contribution in [3.8, 4) is 0 Å². The van der Waals surface area contributed by atoms with E-state index < -0.39 is 6.10 Å². The number of hydrogen-bond acceptors (Lipinski definition) is 3. The number of aliphatic hydroxyl groups is 1. The van der Waals surface area contributed by atoms with Crippen molar-refractivity contribution in [3.05, 3.63) is 35.9 Å². The summed E-state index contributed by atoms with van der Waals surface area (Å²) in [6.07, 6.45) is 4.80. The Morgan fingerprint density at radius 3 is 2.60 bits per heavy atom. The lowest BCUT2D eigenvalue weighted by molar-refractivity contribution is 0.0402. The number of nitrogens with one attached hydrogen (secondary N) is 1. The largest absolute Gasteiger partial charge is 0.389 e. The van der Waals surface area contributed by atoms with Crippen LogP contribution in [0.5, 0.6) is 0 Å². The van der Waals surface area contributed by atoms with Crippen molar-refractivity contribution in [3.63, 3.8) is 0 Å². The fourth-order valence-electron chi connectivity index (χ4n) is 3.08. The van der Waals surface area contributed by atoms with E-state index in [1.807, 2.05) is 6.92 Å². The molecule has 1 aliphatic rings. The Labute approximate surface area is 122 Å². The zero-order valence-electron chi connectivity index (χ0n) is 12.4. The van der Waals surface area contributed by atoms with Crippen LogP contribution in [0.3, 0.4) is 0 Å². The summed E-state index contributed by atoms with van der Waals surface area (Å²) in [5.74, 6) is 0.691. The van der Waals surface area contributed by atoms with Gasteiger partial charge < -0.3 is 15.2 Å². The van der Waals surface area contributed by atoms with Crippen molar-refractivity contribution in [2.24, 2.45) is 5.92 Å². The number of ether oxygens (including phenoxy) is 1. The second-order valence-corrected chi connectivity index (χ2v) is 5.65. The van der Waals surface area contributed by atoms with Crippen LogP contribution in [-0.4, -0.2) is 31.0 Å². The van der Waals surface area contributed by atoms with E-state index >= 15 is 0 Å². The first-order chi connectivity index (χ1) is 9.81. The maximum absolute atomic E-state index is 9.93. The fraction of sp³-hybridized carbons (Fsp3) is 0.647. The molecule has 2 rings (SSSR count). The highest BCUT2D eigenvalue weighted by Crippen LogP contribution is 2.35. The summed E-state index contributed by atoms with van der Waals surface area (Å²) >= 11 is 0. The normalized spacial score (nSPS) is 19.1. The number of hydrogen-bond donors (Lipinski definition) is 2. The quantitative estimate of drug-likeness (QED) is 0.767. The monoisotopic (exact) mass is 277 g/mol. The van der Waals surface area contributed by atoms with Crippen molar-refractivity contribution >= 4 is 0 Å².